The van der Waals surface area contributed by atoms with E-state index in [1.807, 2.05) is 29.2 Å². The first-order valence-electron chi connectivity index (χ1n) is 10.6. The molecule has 2 atom stereocenters. The largest absolute Gasteiger partial charge is 0.489 e. The van der Waals surface area contributed by atoms with E-state index in [1.165, 1.54) is 12.1 Å². The highest BCUT2D eigenvalue weighted by molar-refractivity contribution is 5.95. The highest BCUT2D eigenvalue weighted by Crippen LogP contribution is 2.38. The molecule has 0 spiro atoms. The molecule has 5 rings (SSSR count). The normalized spacial score (nSPS) is 22.2. The van der Waals surface area contributed by atoms with E-state index >= 15 is 0 Å². The zero-order valence-electron chi connectivity index (χ0n) is 17.0. The van der Waals surface area contributed by atoms with Crippen molar-refractivity contribution in [1.29, 1.82) is 0 Å². The Balaban J connectivity index is 1.28. The Bertz CT molecular complexity index is 1040. The van der Waals surface area contributed by atoms with Gasteiger partial charge in [0.05, 0.1) is 6.20 Å². The first-order chi connectivity index (χ1) is 15.2. The van der Waals surface area contributed by atoms with Gasteiger partial charge in [0.2, 0.25) is 0 Å². The van der Waals surface area contributed by atoms with Crippen molar-refractivity contribution in [2.24, 2.45) is 0 Å². The number of carbonyl (C=O) groups is 1. The number of rotatable bonds is 5. The molecule has 2 bridgehead atoms. The number of nitrogens with zero attached hydrogens (tertiary/aromatic N) is 2. The number of carbonyl (C=O) groups excluding carboxylic acids is 1. The van der Waals surface area contributed by atoms with Crippen molar-refractivity contribution in [3.05, 3.63) is 84.4 Å². The Morgan fingerprint density at radius 2 is 1.68 bits per heavy atom. The van der Waals surface area contributed by atoms with Crippen LogP contribution < -0.4 is 9.47 Å². The van der Waals surface area contributed by atoms with Gasteiger partial charge < -0.3 is 14.4 Å². The summed E-state index contributed by atoms with van der Waals surface area (Å²) in [4.78, 5) is 19.5. The van der Waals surface area contributed by atoms with Crippen molar-refractivity contribution < 1.29 is 18.7 Å². The summed E-state index contributed by atoms with van der Waals surface area (Å²) in [7, 11) is 0. The Morgan fingerprint density at radius 3 is 2.39 bits per heavy atom. The average Bonchev–Trinajstić information content (AvgIpc) is 3.06. The maximum absolute atomic E-state index is 13.3. The van der Waals surface area contributed by atoms with Gasteiger partial charge in [-0.3, -0.25) is 9.78 Å². The minimum Gasteiger partial charge on any atom is -0.489 e. The number of piperidine rings is 1. The summed E-state index contributed by atoms with van der Waals surface area (Å²) in [6, 6.07) is 17.1. The van der Waals surface area contributed by atoms with E-state index in [1.54, 1.807) is 36.7 Å². The Morgan fingerprint density at radius 1 is 0.935 bits per heavy atom. The van der Waals surface area contributed by atoms with Crippen LogP contribution in [0.3, 0.4) is 0 Å². The maximum atomic E-state index is 13.3. The third-order valence-corrected chi connectivity index (χ3v) is 5.99. The summed E-state index contributed by atoms with van der Waals surface area (Å²) >= 11 is 0. The fraction of sp³-hybridized carbons (Fsp3) is 0.280. The van der Waals surface area contributed by atoms with Gasteiger partial charge in [-0.2, -0.15) is 0 Å². The summed E-state index contributed by atoms with van der Waals surface area (Å²) in [5.74, 6) is 1.57. The van der Waals surface area contributed by atoms with Crippen LogP contribution in [0, 0.1) is 5.82 Å². The second kappa shape index (κ2) is 8.38. The first-order valence-corrected chi connectivity index (χ1v) is 10.6. The summed E-state index contributed by atoms with van der Waals surface area (Å²) in [5, 5.41) is 0. The van der Waals surface area contributed by atoms with Gasteiger partial charge in [0.15, 0.2) is 0 Å². The van der Waals surface area contributed by atoms with Crippen molar-refractivity contribution in [3.63, 3.8) is 0 Å². The molecule has 3 aromatic rings. The molecule has 2 aromatic carbocycles. The number of benzene rings is 2. The maximum Gasteiger partial charge on any atom is 0.254 e. The lowest BCUT2D eigenvalue weighted by atomic mass is 9.98. The minimum absolute atomic E-state index is 0.0249. The molecule has 2 fully saturated rings. The van der Waals surface area contributed by atoms with Gasteiger partial charge in [-0.15, -0.1) is 0 Å². The van der Waals surface area contributed by atoms with E-state index in [0.717, 1.165) is 31.4 Å². The van der Waals surface area contributed by atoms with Gasteiger partial charge in [-0.05, 0) is 67.4 Å². The second-order valence-corrected chi connectivity index (χ2v) is 8.08. The molecule has 5 nitrogen and oxygen atoms in total. The van der Waals surface area contributed by atoms with Gasteiger partial charge in [0.25, 0.3) is 5.91 Å². The lowest BCUT2D eigenvalue weighted by molar-refractivity contribution is 0.0358. The fourth-order valence-corrected chi connectivity index (χ4v) is 4.64. The van der Waals surface area contributed by atoms with Crippen LogP contribution in [0.2, 0.25) is 0 Å². The van der Waals surface area contributed by atoms with Crippen LogP contribution in [-0.2, 0) is 0 Å². The fourth-order valence-electron chi connectivity index (χ4n) is 4.64. The van der Waals surface area contributed by atoms with Crippen molar-refractivity contribution in [3.8, 4) is 17.2 Å². The molecule has 6 heteroatoms. The summed E-state index contributed by atoms with van der Waals surface area (Å²) in [6.45, 7) is 0. The monoisotopic (exact) mass is 418 g/mol. The highest BCUT2D eigenvalue weighted by Gasteiger charge is 2.44. The van der Waals surface area contributed by atoms with E-state index < -0.39 is 0 Å². The quantitative estimate of drug-likeness (QED) is 0.570. The van der Waals surface area contributed by atoms with Gasteiger partial charge in [-0.1, -0.05) is 6.07 Å². The zero-order valence-corrected chi connectivity index (χ0v) is 17.0. The van der Waals surface area contributed by atoms with Crippen molar-refractivity contribution in [1.82, 2.24) is 9.88 Å². The second-order valence-electron chi connectivity index (χ2n) is 8.08. The summed E-state index contributed by atoms with van der Waals surface area (Å²) < 4.78 is 25.0. The van der Waals surface area contributed by atoms with E-state index in [4.69, 9.17) is 9.47 Å². The van der Waals surface area contributed by atoms with E-state index in [9.17, 15) is 9.18 Å². The number of aromatic nitrogens is 1. The lowest BCUT2D eigenvalue weighted by Crippen LogP contribution is -2.49. The van der Waals surface area contributed by atoms with Crippen LogP contribution in [0.4, 0.5) is 4.39 Å². The Kier molecular flexibility index (Phi) is 5.28. The van der Waals surface area contributed by atoms with Crippen molar-refractivity contribution in [2.45, 2.75) is 43.9 Å². The molecule has 3 heterocycles. The first kappa shape index (κ1) is 19.5. The molecule has 31 heavy (non-hydrogen) atoms. The SMILES string of the molecule is O=C(c1cccc(Oc2ccc(F)cc2)c1)N1C2CCC1CC(Oc1cccnc1)C2. The summed E-state index contributed by atoms with van der Waals surface area (Å²) in [6.07, 6.45) is 7.19. The van der Waals surface area contributed by atoms with Gasteiger partial charge in [0.1, 0.15) is 29.2 Å². The number of pyridine rings is 1. The average molecular weight is 418 g/mol. The zero-order chi connectivity index (χ0) is 21.2. The predicted octanol–water partition coefficient (Wildman–Crippen LogP) is 5.23. The predicted molar refractivity (Wildman–Crippen MR) is 114 cm³/mol. The van der Waals surface area contributed by atoms with Crippen LogP contribution in [-0.4, -0.2) is 34.0 Å². The third-order valence-electron chi connectivity index (χ3n) is 5.99. The van der Waals surface area contributed by atoms with Crippen LogP contribution in [0.5, 0.6) is 17.2 Å². The molecule has 0 N–H and O–H groups in total. The van der Waals surface area contributed by atoms with E-state index in [0.29, 0.717) is 17.1 Å². The Labute approximate surface area is 180 Å². The Hall–Kier alpha value is -3.41. The number of fused-ring (bicyclic) bond motifs is 2. The molecule has 0 aliphatic carbocycles. The number of ether oxygens (including phenoxy) is 2. The molecule has 2 aliphatic heterocycles. The number of halogens is 1. The molecular formula is C25H23FN2O3. The van der Waals surface area contributed by atoms with Crippen molar-refractivity contribution >= 4 is 5.91 Å². The number of hydrogen-bond acceptors (Lipinski definition) is 4. The molecule has 0 radical (unpaired) electrons. The molecule has 2 aliphatic rings. The minimum atomic E-state index is -0.317. The molecule has 1 amide bonds. The summed E-state index contributed by atoms with van der Waals surface area (Å²) in [5.41, 5.74) is 0.600. The highest BCUT2D eigenvalue weighted by atomic mass is 19.1. The molecule has 2 saturated heterocycles. The standard InChI is InChI=1S/C25H23FN2O3/c26-18-6-10-21(11-7-18)30-22-4-1-3-17(13-22)25(29)28-19-8-9-20(28)15-24(14-19)31-23-5-2-12-27-16-23/h1-7,10-13,16,19-20,24H,8-9,14-15H2. The van der Waals surface area contributed by atoms with Crippen molar-refractivity contribution in [2.75, 3.05) is 0 Å². The van der Waals surface area contributed by atoms with Crippen LogP contribution in [0.15, 0.2) is 73.1 Å². The smallest absolute Gasteiger partial charge is 0.254 e. The molecule has 1 aromatic heterocycles. The molecular weight excluding hydrogens is 395 g/mol. The number of hydrogen-bond donors (Lipinski definition) is 0. The van der Waals surface area contributed by atoms with Gasteiger partial charge >= 0.3 is 0 Å². The van der Waals surface area contributed by atoms with Gasteiger partial charge in [0, 0.05) is 36.7 Å². The lowest BCUT2D eigenvalue weighted by Gasteiger charge is -2.39. The van der Waals surface area contributed by atoms with E-state index in [2.05, 4.69) is 4.98 Å². The van der Waals surface area contributed by atoms with Gasteiger partial charge in [-0.25, -0.2) is 4.39 Å². The molecule has 0 saturated carbocycles. The third kappa shape index (κ3) is 4.24. The number of amides is 1. The molecule has 158 valence electrons. The van der Waals surface area contributed by atoms with E-state index in [-0.39, 0.29) is 29.9 Å². The topological polar surface area (TPSA) is 51.7 Å². The van der Waals surface area contributed by atoms with Crippen LogP contribution in [0.25, 0.3) is 0 Å². The van der Waals surface area contributed by atoms with Crippen LogP contribution in [0.1, 0.15) is 36.0 Å². The van der Waals surface area contributed by atoms with Crippen LogP contribution >= 0.6 is 0 Å². The molecule has 2 unspecified atom stereocenters.